The lowest BCUT2D eigenvalue weighted by molar-refractivity contribution is 0.924. The van der Waals surface area contributed by atoms with E-state index in [4.69, 9.17) is 5.73 Å². The van der Waals surface area contributed by atoms with E-state index in [1.165, 1.54) is 4.21 Å². The summed E-state index contributed by atoms with van der Waals surface area (Å²) in [4.78, 5) is 8.43. The average molecular weight is 223 g/mol. The summed E-state index contributed by atoms with van der Waals surface area (Å²) in [7, 11) is 0. The molecule has 0 spiro atoms. The van der Waals surface area contributed by atoms with Crippen molar-refractivity contribution >= 4 is 23.1 Å². The highest BCUT2D eigenvalue weighted by molar-refractivity contribution is 8.01. The fraction of sp³-hybridized carbons (Fsp3) is 0.111. The first-order valence-electron chi connectivity index (χ1n) is 4.11. The van der Waals surface area contributed by atoms with Crippen LogP contribution in [0.1, 0.15) is 5.69 Å². The smallest absolute Gasteiger partial charge is 0.120 e. The molecule has 0 radical (unpaired) electrons. The third kappa shape index (κ3) is 2.31. The normalized spacial score (nSPS) is 10.4. The minimum atomic E-state index is 0.441. The van der Waals surface area contributed by atoms with Crippen LogP contribution in [0.4, 0.5) is 0 Å². The van der Waals surface area contributed by atoms with E-state index in [-0.39, 0.29) is 0 Å². The average Bonchev–Trinajstić information content (AvgIpc) is 2.72. The summed E-state index contributed by atoms with van der Waals surface area (Å²) in [5.74, 6) is 0. The fourth-order valence-electron chi connectivity index (χ4n) is 0.926. The Morgan fingerprint density at radius 3 is 2.86 bits per heavy atom. The van der Waals surface area contributed by atoms with Gasteiger partial charge in [0, 0.05) is 6.54 Å². The fourth-order valence-corrected chi connectivity index (χ4v) is 2.55. The van der Waals surface area contributed by atoms with Crippen molar-refractivity contribution in [3.8, 4) is 0 Å². The molecule has 2 N–H and O–H groups in total. The van der Waals surface area contributed by atoms with Crippen molar-refractivity contribution in [1.29, 1.82) is 0 Å². The Morgan fingerprint density at radius 2 is 2.29 bits per heavy atom. The Labute approximate surface area is 90.4 Å². The van der Waals surface area contributed by atoms with Gasteiger partial charge in [-0.25, -0.2) is 4.98 Å². The zero-order valence-electron chi connectivity index (χ0n) is 7.38. The molecule has 0 aromatic carbocycles. The van der Waals surface area contributed by atoms with Crippen LogP contribution in [0.25, 0.3) is 0 Å². The Hall–Kier alpha value is -0.910. The van der Waals surface area contributed by atoms with E-state index in [1.54, 1.807) is 35.5 Å². The number of hydrogen-bond acceptors (Lipinski definition) is 5. The van der Waals surface area contributed by atoms with E-state index in [2.05, 4.69) is 16.0 Å². The number of thiophene rings is 1. The third-order valence-corrected chi connectivity index (χ3v) is 3.55. The van der Waals surface area contributed by atoms with Gasteiger partial charge < -0.3 is 5.73 Å². The second-order valence-corrected chi connectivity index (χ2v) is 4.85. The van der Waals surface area contributed by atoms with Crippen LogP contribution in [0.3, 0.4) is 0 Å². The highest BCUT2D eigenvalue weighted by atomic mass is 32.2. The van der Waals surface area contributed by atoms with Crippen LogP contribution in [0.5, 0.6) is 0 Å². The molecule has 0 saturated carbocycles. The Morgan fingerprint density at radius 1 is 1.36 bits per heavy atom. The number of hydrogen-bond donors (Lipinski definition) is 1. The van der Waals surface area contributed by atoms with Crippen molar-refractivity contribution in [3.05, 3.63) is 35.6 Å². The monoisotopic (exact) mass is 223 g/mol. The van der Waals surface area contributed by atoms with Gasteiger partial charge in [0.05, 0.1) is 22.3 Å². The molecule has 0 saturated heterocycles. The summed E-state index contributed by atoms with van der Waals surface area (Å²) in [6.45, 7) is 0.441. The van der Waals surface area contributed by atoms with Crippen molar-refractivity contribution in [2.45, 2.75) is 15.8 Å². The van der Waals surface area contributed by atoms with Crippen molar-refractivity contribution in [2.24, 2.45) is 5.73 Å². The van der Waals surface area contributed by atoms with E-state index < -0.39 is 0 Å². The second kappa shape index (κ2) is 4.54. The third-order valence-electron chi connectivity index (χ3n) is 1.59. The van der Waals surface area contributed by atoms with Crippen molar-refractivity contribution < 1.29 is 0 Å². The number of nitrogens with zero attached hydrogens (tertiary/aromatic N) is 2. The molecule has 2 heterocycles. The molecule has 72 valence electrons. The number of rotatable bonds is 3. The van der Waals surface area contributed by atoms with Gasteiger partial charge in [0.2, 0.25) is 0 Å². The van der Waals surface area contributed by atoms with Crippen LogP contribution in [-0.4, -0.2) is 9.97 Å². The van der Waals surface area contributed by atoms with Gasteiger partial charge >= 0.3 is 0 Å². The molecule has 0 bridgehead atoms. The minimum Gasteiger partial charge on any atom is -0.325 e. The lowest BCUT2D eigenvalue weighted by atomic mass is 10.5. The number of nitrogens with two attached hydrogens (primary N) is 1. The van der Waals surface area contributed by atoms with Crippen molar-refractivity contribution in [1.82, 2.24) is 9.97 Å². The molecule has 0 aliphatic heterocycles. The summed E-state index contributed by atoms with van der Waals surface area (Å²) >= 11 is 3.32. The zero-order chi connectivity index (χ0) is 9.80. The van der Waals surface area contributed by atoms with Gasteiger partial charge in [-0.3, -0.25) is 4.98 Å². The zero-order valence-corrected chi connectivity index (χ0v) is 9.02. The minimum absolute atomic E-state index is 0.441. The van der Waals surface area contributed by atoms with Gasteiger partial charge in [-0.15, -0.1) is 11.3 Å². The van der Waals surface area contributed by atoms with Gasteiger partial charge in [-0.1, -0.05) is 17.8 Å². The molecule has 2 rings (SSSR count). The SMILES string of the molecule is NCc1cnc(Sc2cccs2)cn1. The molecule has 0 fully saturated rings. The molecular weight excluding hydrogens is 214 g/mol. The van der Waals surface area contributed by atoms with Gasteiger partial charge in [-0.2, -0.15) is 0 Å². The molecule has 14 heavy (non-hydrogen) atoms. The molecule has 5 heteroatoms. The maximum absolute atomic E-state index is 5.43. The second-order valence-electron chi connectivity index (χ2n) is 2.58. The first-order chi connectivity index (χ1) is 6.88. The first kappa shape index (κ1) is 9.64. The number of aromatic nitrogens is 2. The molecule has 0 unspecified atom stereocenters. The molecule has 0 amide bonds. The van der Waals surface area contributed by atoms with E-state index >= 15 is 0 Å². The standard InChI is InChI=1S/C9H9N3S2/c10-4-7-5-12-8(6-11-7)14-9-2-1-3-13-9/h1-3,5-6H,4,10H2. The predicted octanol–water partition coefficient (Wildman–Crippen LogP) is 2.15. The maximum atomic E-state index is 5.43. The predicted molar refractivity (Wildman–Crippen MR) is 58.4 cm³/mol. The lowest BCUT2D eigenvalue weighted by Gasteiger charge is -1.98. The Kier molecular flexibility index (Phi) is 3.13. The quantitative estimate of drug-likeness (QED) is 0.866. The topological polar surface area (TPSA) is 51.8 Å². The summed E-state index contributed by atoms with van der Waals surface area (Å²) < 4.78 is 1.22. The molecule has 3 nitrogen and oxygen atoms in total. The molecule has 0 atom stereocenters. The van der Waals surface area contributed by atoms with Gasteiger partial charge in [0.25, 0.3) is 0 Å². The van der Waals surface area contributed by atoms with E-state index in [0.29, 0.717) is 6.54 Å². The highest BCUT2D eigenvalue weighted by Crippen LogP contribution is 2.28. The van der Waals surface area contributed by atoms with Crippen LogP contribution >= 0.6 is 23.1 Å². The van der Waals surface area contributed by atoms with E-state index in [1.807, 2.05) is 11.4 Å². The Balaban J connectivity index is 2.10. The van der Waals surface area contributed by atoms with Gasteiger partial charge in [0.1, 0.15) is 5.03 Å². The van der Waals surface area contributed by atoms with Crippen LogP contribution < -0.4 is 5.73 Å². The Bertz CT molecular complexity index is 383. The van der Waals surface area contributed by atoms with Gasteiger partial charge in [0.15, 0.2) is 0 Å². The van der Waals surface area contributed by atoms with Gasteiger partial charge in [-0.05, 0) is 11.4 Å². The lowest BCUT2D eigenvalue weighted by Crippen LogP contribution is -1.99. The summed E-state index contributed by atoms with van der Waals surface area (Å²) in [5, 5.41) is 2.95. The highest BCUT2D eigenvalue weighted by Gasteiger charge is 1.99. The maximum Gasteiger partial charge on any atom is 0.120 e. The summed E-state index contributed by atoms with van der Waals surface area (Å²) in [6, 6.07) is 4.09. The van der Waals surface area contributed by atoms with E-state index in [0.717, 1.165) is 10.7 Å². The van der Waals surface area contributed by atoms with Crippen LogP contribution in [-0.2, 0) is 6.54 Å². The molecule has 2 aromatic heterocycles. The van der Waals surface area contributed by atoms with Crippen molar-refractivity contribution in [2.75, 3.05) is 0 Å². The van der Waals surface area contributed by atoms with Crippen LogP contribution in [0.2, 0.25) is 0 Å². The largest absolute Gasteiger partial charge is 0.325 e. The molecule has 0 aliphatic carbocycles. The van der Waals surface area contributed by atoms with E-state index in [9.17, 15) is 0 Å². The molecule has 2 aromatic rings. The first-order valence-corrected chi connectivity index (χ1v) is 5.80. The van der Waals surface area contributed by atoms with Crippen LogP contribution in [0, 0.1) is 0 Å². The summed E-state index contributed by atoms with van der Waals surface area (Å²) in [6.07, 6.45) is 3.47. The molecular formula is C9H9N3S2. The summed E-state index contributed by atoms with van der Waals surface area (Å²) in [5.41, 5.74) is 6.25. The molecule has 0 aliphatic rings. The van der Waals surface area contributed by atoms with Crippen LogP contribution in [0.15, 0.2) is 39.1 Å². The van der Waals surface area contributed by atoms with Crippen molar-refractivity contribution in [3.63, 3.8) is 0 Å².